The van der Waals surface area contributed by atoms with Crippen LogP contribution in [-0.4, -0.2) is 5.91 Å². The van der Waals surface area contributed by atoms with Gasteiger partial charge in [-0.2, -0.15) is 5.26 Å². The highest BCUT2D eigenvalue weighted by Gasteiger charge is 2.16. The molecule has 4 nitrogen and oxygen atoms in total. The number of hydrogen-bond donors (Lipinski definition) is 1. The third-order valence-corrected chi connectivity index (χ3v) is 2.69. The van der Waals surface area contributed by atoms with Crippen LogP contribution in [-0.2, 0) is 0 Å². The van der Waals surface area contributed by atoms with E-state index < -0.39 is 6.04 Å². The van der Waals surface area contributed by atoms with Crippen LogP contribution in [0.2, 0.25) is 0 Å². The number of hydrogen-bond acceptors (Lipinski definition) is 3. The van der Waals surface area contributed by atoms with Gasteiger partial charge in [-0.05, 0) is 24.1 Å². The number of rotatable bonds is 3. The minimum Gasteiger partial charge on any atom is -0.472 e. The van der Waals surface area contributed by atoms with Crippen molar-refractivity contribution >= 4 is 5.91 Å². The molecule has 90 valence electrons. The maximum absolute atomic E-state index is 11.8. The SMILES string of the molecule is Cc1ccccc1C(C#N)NC(=O)c1ccoc1. The summed E-state index contributed by atoms with van der Waals surface area (Å²) in [6, 6.07) is 10.5. The van der Waals surface area contributed by atoms with Crippen molar-refractivity contribution in [2.45, 2.75) is 13.0 Å². The lowest BCUT2D eigenvalue weighted by atomic mass is 10.0. The quantitative estimate of drug-likeness (QED) is 0.896. The van der Waals surface area contributed by atoms with Gasteiger partial charge >= 0.3 is 0 Å². The molecule has 1 heterocycles. The van der Waals surface area contributed by atoms with E-state index in [-0.39, 0.29) is 5.91 Å². The first-order valence-corrected chi connectivity index (χ1v) is 5.50. The van der Waals surface area contributed by atoms with Crippen LogP contribution < -0.4 is 5.32 Å². The molecule has 1 unspecified atom stereocenters. The number of nitrogens with one attached hydrogen (secondary N) is 1. The Kier molecular flexibility index (Phi) is 3.44. The van der Waals surface area contributed by atoms with Gasteiger partial charge in [-0.15, -0.1) is 0 Å². The Balaban J connectivity index is 2.19. The number of carbonyl (C=O) groups excluding carboxylic acids is 1. The Morgan fingerprint density at radius 1 is 1.39 bits per heavy atom. The van der Waals surface area contributed by atoms with E-state index in [9.17, 15) is 4.79 Å². The van der Waals surface area contributed by atoms with Crippen LogP contribution in [0.3, 0.4) is 0 Å². The van der Waals surface area contributed by atoms with Crippen molar-refractivity contribution in [2.24, 2.45) is 0 Å². The zero-order valence-corrected chi connectivity index (χ0v) is 9.88. The molecule has 0 aliphatic carbocycles. The summed E-state index contributed by atoms with van der Waals surface area (Å²) in [6.07, 6.45) is 2.77. The molecule has 0 fully saturated rings. The largest absolute Gasteiger partial charge is 0.472 e. The van der Waals surface area contributed by atoms with Gasteiger partial charge in [-0.3, -0.25) is 4.79 Å². The molecule has 18 heavy (non-hydrogen) atoms. The van der Waals surface area contributed by atoms with Crippen LogP contribution in [0, 0.1) is 18.3 Å². The lowest BCUT2D eigenvalue weighted by Gasteiger charge is -2.13. The van der Waals surface area contributed by atoms with Crippen molar-refractivity contribution in [3.05, 3.63) is 59.5 Å². The molecule has 1 aromatic carbocycles. The van der Waals surface area contributed by atoms with E-state index >= 15 is 0 Å². The summed E-state index contributed by atoms with van der Waals surface area (Å²) in [6.45, 7) is 1.91. The monoisotopic (exact) mass is 240 g/mol. The molecule has 1 aromatic heterocycles. The number of nitriles is 1. The first kappa shape index (κ1) is 11.9. The third-order valence-electron chi connectivity index (χ3n) is 2.69. The number of amides is 1. The summed E-state index contributed by atoms with van der Waals surface area (Å²) in [5.41, 5.74) is 2.18. The number of benzene rings is 1. The van der Waals surface area contributed by atoms with Gasteiger partial charge < -0.3 is 9.73 Å². The Bertz CT molecular complexity index is 582. The minimum atomic E-state index is -0.659. The van der Waals surface area contributed by atoms with Crippen LogP contribution >= 0.6 is 0 Å². The normalized spacial score (nSPS) is 11.6. The standard InChI is InChI=1S/C14H12N2O2/c1-10-4-2-3-5-12(10)13(8-15)16-14(17)11-6-7-18-9-11/h2-7,9,13H,1H3,(H,16,17). The van der Waals surface area contributed by atoms with E-state index in [4.69, 9.17) is 9.68 Å². The second-order valence-corrected chi connectivity index (χ2v) is 3.90. The van der Waals surface area contributed by atoms with Crippen molar-refractivity contribution in [3.8, 4) is 6.07 Å². The summed E-state index contributed by atoms with van der Waals surface area (Å²) in [7, 11) is 0. The molecule has 0 spiro atoms. The van der Waals surface area contributed by atoms with Gasteiger partial charge in [0.25, 0.3) is 5.91 Å². The minimum absolute atomic E-state index is 0.321. The van der Waals surface area contributed by atoms with Gasteiger partial charge in [0.2, 0.25) is 0 Å². The highest BCUT2D eigenvalue weighted by atomic mass is 16.3. The summed E-state index contributed by atoms with van der Waals surface area (Å²) < 4.78 is 4.84. The molecule has 0 aliphatic heterocycles. The fourth-order valence-corrected chi connectivity index (χ4v) is 1.70. The van der Waals surface area contributed by atoms with E-state index in [0.29, 0.717) is 5.56 Å². The predicted molar refractivity (Wildman–Crippen MR) is 65.7 cm³/mol. The maximum Gasteiger partial charge on any atom is 0.255 e. The van der Waals surface area contributed by atoms with Crippen LogP contribution in [0.1, 0.15) is 27.5 Å². The number of carbonyl (C=O) groups is 1. The van der Waals surface area contributed by atoms with Gasteiger partial charge in [0.1, 0.15) is 12.3 Å². The zero-order chi connectivity index (χ0) is 13.0. The second kappa shape index (κ2) is 5.19. The number of furan rings is 1. The van der Waals surface area contributed by atoms with Gasteiger partial charge in [0.15, 0.2) is 0 Å². The van der Waals surface area contributed by atoms with Crippen molar-refractivity contribution in [2.75, 3.05) is 0 Å². The van der Waals surface area contributed by atoms with Crippen LogP contribution in [0.25, 0.3) is 0 Å². The molecule has 0 aliphatic rings. The lowest BCUT2D eigenvalue weighted by Crippen LogP contribution is -2.27. The number of nitrogens with zero attached hydrogens (tertiary/aromatic N) is 1. The Labute approximate surface area is 105 Å². The Hall–Kier alpha value is -2.54. The van der Waals surface area contributed by atoms with E-state index in [1.807, 2.05) is 31.2 Å². The highest BCUT2D eigenvalue weighted by molar-refractivity contribution is 5.94. The van der Waals surface area contributed by atoms with E-state index in [0.717, 1.165) is 11.1 Å². The van der Waals surface area contributed by atoms with Gasteiger partial charge in [0.05, 0.1) is 17.9 Å². The second-order valence-electron chi connectivity index (χ2n) is 3.90. The van der Waals surface area contributed by atoms with Crippen LogP contribution in [0.4, 0.5) is 0 Å². The molecule has 1 atom stereocenters. The van der Waals surface area contributed by atoms with E-state index in [1.54, 1.807) is 6.07 Å². The zero-order valence-electron chi connectivity index (χ0n) is 9.88. The molecular weight excluding hydrogens is 228 g/mol. The van der Waals surface area contributed by atoms with Crippen LogP contribution in [0.15, 0.2) is 47.3 Å². The van der Waals surface area contributed by atoms with Crippen molar-refractivity contribution in [3.63, 3.8) is 0 Å². The average Bonchev–Trinajstić information content (AvgIpc) is 2.90. The summed E-state index contributed by atoms with van der Waals surface area (Å²) in [5, 5.41) is 11.8. The van der Waals surface area contributed by atoms with Crippen molar-refractivity contribution in [1.29, 1.82) is 5.26 Å². The van der Waals surface area contributed by atoms with Crippen molar-refractivity contribution < 1.29 is 9.21 Å². The summed E-state index contributed by atoms with van der Waals surface area (Å²) in [4.78, 5) is 11.8. The number of aryl methyl sites for hydroxylation is 1. The highest BCUT2D eigenvalue weighted by Crippen LogP contribution is 2.17. The fraction of sp³-hybridized carbons (Fsp3) is 0.143. The summed E-state index contributed by atoms with van der Waals surface area (Å²) in [5.74, 6) is -0.321. The molecule has 0 saturated heterocycles. The Morgan fingerprint density at radius 2 is 2.17 bits per heavy atom. The van der Waals surface area contributed by atoms with Gasteiger partial charge in [-0.25, -0.2) is 0 Å². The molecule has 1 N–H and O–H groups in total. The van der Waals surface area contributed by atoms with Crippen LogP contribution in [0.5, 0.6) is 0 Å². The molecule has 0 radical (unpaired) electrons. The van der Waals surface area contributed by atoms with E-state index in [1.165, 1.54) is 12.5 Å². The molecule has 0 saturated carbocycles. The third kappa shape index (κ3) is 2.41. The van der Waals surface area contributed by atoms with Gasteiger partial charge in [0, 0.05) is 0 Å². The predicted octanol–water partition coefficient (Wildman–Crippen LogP) is 2.58. The van der Waals surface area contributed by atoms with E-state index in [2.05, 4.69) is 11.4 Å². The first-order valence-electron chi connectivity index (χ1n) is 5.50. The first-order chi connectivity index (χ1) is 8.72. The molecule has 4 heteroatoms. The average molecular weight is 240 g/mol. The maximum atomic E-state index is 11.8. The Morgan fingerprint density at radius 3 is 2.78 bits per heavy atom. The topological polar surface area (TPSA) is 66.0 Å². The fourth-order valence-electron chi connectivity index (χ4n) is 1.70. The molecule has 2 aromatic rings. The molecule has 2 rings (SSSR count). The molecular formula is C14H12N2O2. The van der Waals surface area contributed by atoms with Crippen molar-refractivity contribution in [1.82, 2.24) is 5.32 Å². The lowest BCUT2D eigenvalue weighted by molar-refractivity contribution is 0.0944. The molecule has 0 bridgehead atoms. The molecule has 1 amide bonds. The van der Waals surface area contributed by atoms with Gasteiger partial charge in [-0.1, -0.05) is 24.3 Å². The summed E-state index contributed by atoms with van der Waals surface area (Å²) >= 11 is 0. The smallest absolute Gasteiger partial charge is 0.255 e.